The Morgan fingerprint density at radius 3 is 2.10 bits per heavy atom. The molecule has 0 heterocycles. The minimum absolute atomic E-state index is 0.0649. The summed E-state index contributed by atoms with van der Waals surface area (Å²) in [6, 6.07) is 12.1. The average Bonchev–Trinajstić information content (AvgIpc) is 2.66. The van der Waals surface area contributed by atoms with E-state index in [0.29, 0.717) is 23.7 Å². The van der Waals surface area contributed by atoms with Gasteiger partial charge >= 0.3 is 0 Å². The van der Waals surface area contributed by atoms with E-state index in [0.717, 1.165) is 11.1 Å². The Balaban J connectivity index is 2.07. The highest BCUT2D eigenvalue weighted by Gasteiger charge is 2.33. The highest BCUT2D eigenvalue weighted by Crippen LogP contribution is 2.21. The van der Waals surface area contributed by atoms with Crippen LogP contribution in [-0.2, 0) is 19.4 Å². The van der Waals surface area contributed by atoms with Crippen LogP contribution in [0.2, 0.25) is 0 Å². The number of benzene rings is 2. The summed E-state index contributed by atoms with van der Waals surface area (Å²) in [5, 5.41) is 3.94. The van der Waals surface area contributed by atoms with Gasteiger partial charge in [-0.1, -0.05) is 25.1 Å². The molecule has 8 heteroatoms. The van der Waals surface area contributed by atoms with Gasteiger partial charge in [-0.3, -0.25) is 9.59 Å². The van der Waals surface area contributed by atoms with Crippen molar-refractivity contribution in [3.05, 3.63) is 53.6 Å². The van der Waals surface area contributed by atoms with Gasteiger partial charge in [0.25, 0.3) is 0 Å². The van der Waals surface area contributed by atoms with Gasteiger partial charge in [-0.2, -0.15) is 0 Å². The number of ether oxygens (including phenoxy) is 1. The molecule has 0 fully saturated rings. The van der Waals surface area contributed by atoms with E-state index in [-0.39, 0.29) is 6.42 Å². The normalized spacial score (nSPS) is 12.1. The van der Waals surface area contributed by atoms with Gasteiger partial charge < -0.3 is 15.4 Å². The predicted molar refractivity (Wildman–Crippen MR) is 119 cm³/mol. The summed E-state index contributed by atoms with van der Waals surface area (Å²) in [6.07, 6.45) is 0.0649. The zero-order valence-electron chi connectivity index (χ0n) is 17.7. The first-order chi connectivity index (χ1) is 14.2. The predicted octanol–water partition coefficient (Wildman–Crippen LogP) is 3.47. The number of carbonyl (C=O) groups is 2. The molecule has 7 nitrogen and oxygen atoms in total. The number of hydrogen-bond donors (Lipinski definition) is 2. The summed E-state index contributed by atoms with van der Waals surface area (Å²) >= 11 is 0. The second-order valence-corrected chi connectivity index (χ2v) is 9.15. The summed E-state index contributed by atoms with van der Waals surface area (Å²) in [4.78, 5) is 25.0. The second-order valence-electron chi connectivity index (χ2n) is 6.97. The highest BCUT2D eigenvalue weighted by atomic mass is 32.2. The van der Waals surface area contributed by atoms with E-state index in [1.807, 2.05) is 39.0 Å². The number of carbonyl (C=O) groups excluding carboxylic acids is 2. The lowest BCUT2D eigenvalue weighted by molar-refractivity contribution is -0.115. The molecule has 0 radical (unpaired) electrons. The number of nitrogens with one attached hydrogen (secondary N) is 2. The standard InChI is InChI=1S/C22H28N2O5S/c1-5-19(22(26)24-21-15(3)8-7-9-16(21)4)30(27,28)14-20(25)23-17-10-12-18(13-11-17)29-6-2/h7-13,19H,5-6,14H2,1-4H3,(H,23,25)(H,24,26). The quantitative estimate of drug-likeness (QED) is 0.632. The highest BCUT2D eigenvalue weighted by molar-refractivity contribution is 7.93. The molecule has 0 aliphatic rings. The van der Waals surface area contributed by atoms with Crippen LogP contribution in [0.3, 0.4) is 0 Å². The molecule has 0 bridgehead atoms. The van der Waals surface area contributed by atoms with Crippen molar-refractivity contribution in [2.24, 2.45) is 0 Å². The third-order valence-electron chi connectivity index (χ3n) is 4.61. The minimum atomic E-state index is -4.00. The first kappa shape index (κ1) is 23.4. The molecule has 0 saturated carbocycles. The molecule has 0 aliphatic carbocycles. The zero-order chi connectivity index (χ0) is 22.3. The van der Waals surface area contributed by atoms with Crippen LogP contribution < -0.4 is 15.4 Å². The molecule has 30 heavy (non-hydrogen) atoms. The van der Waals surface area contributed by atoms with Gasteiger partial charge in [-0.15, -0.1) is 0 Å². The molecule has 2 N–H and O–H groups in total. The molecule has 2 aromatic carbocycles. The topological polar surface area (TPSA) is 102 Å². The first-order valence-electron chi connectivity index (χ1n) is 9.79. The van der Waals surface area contributed by atoms with Gasteiger partial charge in [0.2, 0.25) is 11.8 Å². The Bertz CT molecular complexity index is 980. The fourth-order valence-corrected chi connectivity index (χ4v) is 4.63. The molecule has 0 spiro atoms. The van der Waals surface area contributed by atoms with E-state index in [1.54, 1.807) is 31.2 Å². The first-order valence-corrected chi connectivity index (χ1v) is 11.5. The Kier molecular flexibility index (Phi) is 8.00. The number of amides is 2. The van der Waals surface area contributed by atoms with Crippen LogP contribution in [0.4, 0.5) is 11.4 Å². The average molecular weight is 433 g/mol. The molecule has 2 amide bonds. The van der Waals surface area contributed by atoms with Gasteiger partial charge in [-0.05, 0) is 62.6 Å². The van der Waals surface area contributed by atoms with Crippen LogP contribution in [0.15, 0.2) is 42.5 Å². The summed E-state index contributed by atoms with van der Waals surface area (Å²) in [5.74, 6) is -1.46. The van der Waals surface area contributed by atoms with Crippen molar-refractivity contribution in [3.63, 3.8) is 0 Å². The van der Waals surface area contributed by atoms with Crippen molar-refractivity contribution >= 4 is 33.0 Å². The third-order valence-corrected chi connectivity index (χ3v) is 6.69. The van der Waals surface area contributed by atoms with E-state index in [9.17, 15) is 18.0 Å². The van der Waals surface area contributed by atoms with Gasteiger partial charge in [0.05, 0.1) is 6.61 Å². The van der Waals surface area contributed by atoms with Gasteiger partial charge in [0.15, 0.2) is 9.84 Å². The van der Waals surface area contributed by atoms with Crippen molar-refractivity contribution in [1.29, 1.82) is 0 Å². The summed E-state index contributed by atoms with van der Waals surface area (Å²) in [7, 11) is -4.00. The molecule has 0 aromatic heterocycles. The lowest BCUT2D eigenvalue weighted by atomic mass is 10.1. The third kappa shape index (κ3) is 6.06. The second kappa shape index (κ2) is 10.2. The Hall–Kier alpha value is -2.87. The molecule has 0 aliphatic heterocycles. The number of para-hydroxylation sites is 1. The molecule has 1 atom stereocenters. The summed E-state index contributed by atoms with van der Waals surface area (Å²) in [6.45, 7) is 7.66. The molecular formula is C22H28N2O5S. The molecule has 2 rings (SSSR count). The van der Waals surface area contributed by atoms with Gasteiger partial charge in [0, 0.05) is 11.4 Å². The van der Waals surface area contributed by atoms with E-state index in [4.69, 9.17) is 4.74 Å². The number of anilines is 2. The zero-order valence-corrected chi connectivity index (χ0v) is 18.5. The number of rotatable bonds is 9. The van der Waals surface area contributed by atoms with Crippen LogP contribution in [0.5, 0.6) is 5.75 Å². The van der Waals surface area contributed by atoms with Crippen LogP contribution in [0, 0.1) is 13.8 Å². The Morgan fingerprint density at radius 2 is 1.57 bits per heavy atom. The monoisotopic (exact) mass is 432 g/mol. The van der Waals surface area contributed by atoms with E-state index in [2.05, 4.69) is 10.6 Å². The van der Waals surface area contributed by atoms with Crippen LogP contribution in [0.1, 0.15) is 31.4 Å². The largest absolute Gasteiger partial charge is 0.494 e. The Morgan fingerprint density at radius 1 is 0.967 bits per heavy atom. The van der Waals surface area contributed by atoms with Crippen molar-refractivity contribution in [3.8, 4) is 5.75 Å². The Labute approximate surface area is 177 Å². The maximum absolute atomic E-state index is 12.8. The molecule has 2 aromatic rings. The van der Waals surface area contributed by atoms with E-state index < -0.39 is 32.7 Å². The van der Waals surface area contributed by atoms with E-state index in [1.165, 1.54) is 0 Å². The maximum Gasteiger partial charge on any atom is 0.242 e. The lowest BCUT2D eigenvalue weighted by Gasteiger charge is -2.18. The van der Waals surface area contributed by atoms with Gasteiger partial charge in [0.1, 0.15) is 16.8 Å². The fourth-order valence-electron chi connectivity index (χ4n) is 3.10. The smallest absolute Gasteiger partial charge is 0.242 e. The van der Waals surface area contributed by atoms with E-state index >= 15 is 0 Å². The summed E-state index contributed by atoms with van der Waals surface area (Å²) in [5.41, 5.74) is 2.72. The fraction of sp³-hybridized carbons (Fsp3) is 0.364. The molecule has 162 valence electrons. The SMILES string of the molecule is CCOc1ccc(NC(=O)CS(=O)(=O)C(CC)C(=O)Nc2c(C)cccc2C)cc1. The van der Waals surface area contributed by atoms with Crippen molar-refractivity contribution in [2.45, 2.75) is 39.4 Å². The number of sulfone groups is 1. The van der Waals surface area contributed by atoms with Crippen molar-refractivity contribution in [1.82, 2.24) is 0 Å². The van der Waals surface area contributed by atoms with Crippen LogP contribution >= 0.6 is 0 Å². The minimum Gasteiger partial charge on any atom is -0.494 e. The molecule has 0 saturated heterocycles. The van der Waals surface area contributed by atoms with Crippen molar-refractivity contribution in [2.75, 3.05) is 23.0 Å². The maximum atomic E-state index is 12.8. The molecule has 1 unspecified atom stereocenters. The lowest BCUT2D eigenvalue weighted by Crippen LogP contribution is -2.39. The number of aryl methyl sites for hydroxylation is 2. The van der Waals surface area contributed by atoms with Crippen LogP contribution in [0.25, 0.3) is 0 Å². The number of hydrogen-bond acceptors (Lipinski definition) is 5. The van der Waals surface area contributed by atoms with Crippen molar-refractivity contribution < 1.29 is 22.7 Å². The summed E-state index contributed by atoms with van der Waals surface area (Å²) < 4.78 is 30.9. The van der Waals surface area contributed by atoms with Crippen LogP contribution in [-0.4, -0.2) is 37.8 Å². The van der Waals surface area contributed by atoms with Gasteiger partial charge in [-0.25, -0.2) is 8.42 Å². The molecular weight excluding hydrogens is 404 g/mol.